The molecule has 1 atom stereocenters. The van der Waals surface area contributed by atoms with Gasteiger partial charge in [0.1, 0.15) is 11.6 Å². The van der Waals surface area contributed by atoms with E-state index in [4.69, 9.17) is 9.90 Å². The van der Waals surface area contributed by atoms with Crippen molar-refractivity contribution in [2.24, 2.45) is 5.41 Å². The van der Waals surface area contributed by atoms with Crippen molar-refractivity contribution in [2.45, 2.75) is 52.1 Å². The molecule has 1 aliphatic heterocycles. The van der Waals surface area contributed by atoms with Crippen LogP contribution in [0.4, 0.5) is 19.0 Å². The minimum absolute atomic E-state index is 0.547. The molecule has 2 heterocycles. The highest BCUT2D eigenvalue weighted by Crippen LogP contribution is 2.36. The maximum absolute atomic E-state index is 11.4. The lowest BCUT2D eigenvalue weighted by Gasteiger charge is -2.26. The molecule has 0 aromatic carbocycles. The lowest BCUT2D eigenvalue weighted by molar-refractivity contribution is -0.192. The summed E-state index contributed by atoms with van der Waals surface area (Å²) in [6.45, 7) is 5.07. The second kappa shape index (κ2) is 7.69. The summed E-state index contributed by atoms with van der Waals surface area (Å²) < 4.78 is 31.7. The Morgan fingerprint density at radius 3 is 2.26 bits per heavy atom. The number of carboxylic acids is 2. The van der Waals surface area contributed by atoms with E-state index in [2.05, 4.69) is 14.9 Å². The number of anilines is 1. The number of aliphatic carboxylic acids is 2. The molecule has 2 N–H and O–H groups in total. The molecule has 2 aliphatic rings. The van der Waals surface area contributed by atoms with Crippen LogP contribution in [0.1, 0.15) is 43.3 Å². The first-order valence-corrected chi connectivity index (χ1v) is 8.59. The van der Waals surface area contributed by atoms with Crippen LogP contribution < -0.4 is 4.90 Å². The molecule has 1 unspecified atom stereocenters. The van der Waals surface area contributed by atoms with Crippen LogP contribution in [-0.2, 0) is 22.4 Å². The number of hydrogen-bond donors (Lipinski definition) is 2. The Labute approximate surface area is 154 Å². The van der Waals surface area contributed by atoms with Gasteiger partial charge in [0.05, 0.1) is 5.41 Å². The van der Waals surface area contributed by atoms with Gasteiger partial charge in [0.15, 0.2) is 0 Å². The predicted octanol–water partition coefficient (Wildman–Crippen LogP) is 2.60. The van der Waals surface area contributed by atoms with Crippen molar-refractivity contribution < 1.29 is 33.0 Å². The van der Waals surface area contributed by atoms with E-state index in [0.717, 1.165) is 31.0 Å². The van der Waals surface area contributed by atoms with Crippen molar-refractivity contribution in [2.75, 3.05) is 18.0 Å². The van der Waals surface area contributed by atoms with Gasteiger partial charge in [-0.25, -0.2) is 14.8 Å². The smallest absolute Gasteiger partial charge is 0.481 e. The van der Waals surface area contributed by atoms with Crippen LogP contribution in [0.2, 0.25) is 0 Å². The summed E-state index contributed by atoms with van der Waals surface area (Å²) in [7, 11) is 0. The van der Waals surface area contributed by atoms with Crippen LogP contribution in [0.3, 0.4) is 0 Å². The molecule has 0 amide bonds. The molecule has 27 heavy (non-hydrogen) atoms. The Kier molecular flexibility index (Phi) is 5.96. The maximum Gasteiger partial charge on any atom is 0.490 e. The number of carbonyl (C=O) groups is 2. The highest BCUT2D eigenvalue weighted by Gasteiger charge is 2.42. The number of hydrogen-bond acceptors (Lipinski definition) is 5. The molecular formula is C17H22F3N3O4. The third kappa shape index (κ3) is 4.86. The number of rotatable bonds is 2. The Bertz CT molecular complexity index is 739. The third-order valence-corrected chi connectivity index (χ3v) is 4.80. The molecular weight excluding hydrogens is 367 g/mol. The summed E-state index contributed by atoms with van der Waals surface area (Å²) in [6.07, 6.45) is 0.00726. The van der Waals surface area contributed by atoms with Crippen molar-refractivity contribution in [1.29, 1.82) is 0 Å². The molecule has 7 nitrogen and oxygen atoms in total. The predicted molar refractivity (Wildman–Crippen MR) is 89.7 cm³/mol. The Morgan fingerprint density at radius 2 is 1.74 bits per heavy atom. The van der Waals surface area contributed by atoms with Gasteiger partial charge in [-0.3, -0.25) is 4.79 Å². The van der Waals surface area contributed by atoms with E-state index in [9.17, 15) is 23.1 Å². The lowest BCUT2D eigenvalue weighted by atomic mass is 9.90. The van der Waals surface area contributed by atoms with E-state index in [1.165, 1.54) is 24.1 Å². The van der Waals surface area contributed by atoms with Gasteiger partial charge in [-0.1, -0.05) is 0 Å². The van der Waals surface area contributed by atoms with E-state index in [1.807, 2.05) is 13.8 Å². The summed E-state index contributed by atoms with van der Waals surface area (Å²) in [6, 6.07) is 0. The highest BCUT2D eigenvalue weighted by atomic mass is 19.4. The second-order valence-electron chi connectivity index (χ2n) is 7.07. The normalized spacial score (nSPS) is 21.9. The minimum atomic E-state index is -5.08. The van der Waals surface area contributed by atoms with E-state index in [0.29, 0.717) is 13.0 Å². The average molecular weight is 389 g/mol. The van der Waals surface area contributed by atoms with Crippen LogP contribution in [-0.4, -0.2) is 51.4 Å². The van der Waals surface area contributed by atoms with E-state index in [1.54, 1.807) is 0 Å². The Hall–Kier alpha value is -2.39. The molecule has 0 spiro atoms. The molecule has 0 bridgehead atoms. The fourth-order valence-electron chi connectivity index (χ4n) is 3.27. The van der Waals surface area contributed by atoms with Gasteiger partial charge in [-0.2, -0.15) is 13.2 Å². The van der Waals surface area contributed by atoms with Crippen LogP contribution in [0.25, 0.3) is 0 Å². The summed E-state index contributed by atoms with van der Waals surface area (Å²) in [5.74, 6) is -1.69. The van der Waals surface area contributed by atoms with Gasteiger partial charge >= 0.3 is 18.1 Å². The Morgan fingerprint density at radius 1 is 1.15 bits per heavy atom. The summed E-state index contributed by atoms with van der Waals surface area (Å²) in [5, 5.41) is 16.5. The van der Waals surface area contributed by atoms with Gasteiger partial charge in [-0.15, -0.1) is 0 Å². The van der Waals surface area contributed by atoms with Crippen molar-refractivity contribution in [3.8, 4) is 0 Å². The van der Waals surface area contributed by atoms with E-state index in [-0.39, 0.29) is 0 Å². The van der Waals surface area contributed by atoms with Crippen molar-refractivity contribution in [3.05, 3.63) is 17.1 Å². The number of nitrogens with zero attached hydrogens (tertiary/aromatic N) is 3. The molecule has 1 aromatic heterocycles. The highest BCUT2D eigenvalue weighted by molar-refractivity contribution is 5.76. The van der Waals surface area contributed by atoms with Crippen molar-refractivity contribution in [3.63, 3.8) is 0 Å². The van der Waals surface area contributed by atoms with Gasteiger partial charge in [0, 0.05) is 24.3 Å². The number of aromatic nitrogens is 2. The molecule has 1 fully saturated rings. The molecule has 0 saturated carbocycles. The summed E-state index contributed by atoms with van der Waals surface area (Å²) in [5.41, 5.74) is 1.76. The third-order valence-electron chi connectivity index (χ3n) is 4.80. The molecule has 1 saturated heterocycles. The number of alkyl halides is 3. The van der Waals surface area contributed by atoms with Crippen LogP contribution in [0.5, 0.6) is 0 Å². The van der Waals surface area contributed by atoms with E-state index < -0.39 is 23.5 Å². The molecule has 150 valence electrons. The molecule has 1 aliphatic carbocycles. The number of halogens is 3. The first-order valence-electron chi connectivity index (χ1n) is 8.59. The maximum atomic E-state index is 11.4. The minimum Gasteiger partial charge on any atom is -0.481 e. The molecule has 0 radical (unpaired) electrons. The second-order valence-corrected chi connectivity index (χ2v) is 7.07. The van der Waals surface area contributed by atoms with Crippen molar-refractivity contribution in [1.82, 2.24) is 9.97 Å². The first-order chi connectivity index (χ1) is 12.4. The number of aryl methyl sites for hydroxylation is 2. The number of carboxylic acid groups (broad SMARTS) is 2. The largest absolute Gasteiger partial charge is 0.490 e. The topological polar surface area (TPSA) is 104 Å². The zero-order valence-corrected chi connectivity index (χ0v) is 15.1. The molecule has 1 aromatic rings. The van der Waals surface area contributed by atoms with Gasteiger partial charge in [-0.05, 0) is 46.0 Å². The molecule has 3 rings (SSSR count). The first kappa shape index (κ1) is 20.9. The summed E-state index contributed by atoms with van der Waals surface area (Å²) >= 11 is 0. The lowest BCUT2D eigenvalue weighted by Crippen LogP contribution is -2.33. The fourth-order valence-corrected chi connectivity index (χ4v) is 3.27. The monoisotopic (exact) mass is 389 g/mol. The van der Waals surface area contributed by atoms with Crippen LogP contribution in [0.15, 0.2) is 0 Å². The average Bonchev–Trinajstić information content (AvgIpc) is 2.97. The number of fused-ring (bicyclic) bond motifs is 1. The fraction of sp³-hybridized carbons (Fsp3) is 0.647. The molecule has 10 heteroatoms. The SMILES string of the molecule is Cc1nc2c(c(N3CCC(C)(C(=O)O)C3)n1)CCCC2.O=C(O)C(F)(F)F. The van der Waals surface area contributed by atoms with E-state index >= 15 is 0 Å². The zero-order chi connectivity index (χ0) is 20.4. The summed E-state index contributed by atoms with van der Waals surface area (Å²) in [4.78, 5) is 31.6. The van der Waals surface area contributed by atoms with Gasteiger partial charge in [0.2, 0.25) is 0 Å². The Balaban J connectivity index is 0.000000321. The van der Waals surface area contributed by atoms with Crippen molar-refractivity contribution >= 4 is 17.8 Å². The zero-order valence-electron chi connectivity index (χ0n) is 15.1. The van der Waals surface area contributed by atoms with Crippen LogP contribution in [0, 0.1) is 12.3 Å². The van der Waals surface area contributed by atoms with Crippen LogP contribution >= 0.6 is 0 Å². The van der Waals surface area contributed by atoms with Gasteiger partial charge in [0.25, 0.3) is 0 Å². The van der Waals surface area contributed by atoms with Gasteiger partial charge < -0.3 is 15.1 Å². The quantitative estimate of drug-likeness (QED) is 0.801. The standard InChI is InChI=1S/C15H21N3O2.C2HF3O2/c1-10-16-12-6-4-3-5-11(12)13(17-10)18-8-7-15(2,9-18)14(19)20;3-2(4,5)1(6)7/h3-9H2,1-2H3,(H,19,20);(H,6,7).